The Labute approximate surface area is 312 Å². The standard InChI is InChI=1S/C42H36N3O6PS/c1-48-30-13-9-28(10-14-30)44-35-18-26(24-47)17-34-40(35)52(53)41-36(43(34)27-7-5-25(23-46)6-8-27)19-32(50-3)21-38(41)45(29-11-15-31(49-2)16-12-29)39-22-33(51-4)20-37(44)42(39)52/h5-22,46-47H,23-24H2,1-4H3. The van der Waals surface area contributed by atoms with E-state index >= 15 is 0 Å². The molecule has 0 aliphatic carbocycles. The highest BCUT2D eigenvalue weighted by molar-refractivity contribution is 8.26. The number of aliphatic hydroxyl groups excluding tert-OH is 2. The number of nitrogens with zero attached hydrogens (tertiary/aromatic N) is 3. The average Bonchev–Trinajstić information content (AvgIpc) is 3.20. The summed E-state index contributed by atoms with van der Waals surface area (Å²) in [5.74, 6) is 2.83. The predicted molar refractivity (Wildman–Crippen MR) is 215 cm³/mol. The van der Waals surface area contributed by atoms with Crippen LogP contribution in [0.4, 0.5) is 51.2 Å². The van der Waals surface area contributed by atoms with Crippen LogP contribution < -0.4 is 49.6 Å². The topological polar surface area (TPSA) is 87.1 Å². The van der Waals surface area contributed by atoms with Gasteiger partial charge in [0.2, 0.25) is 0 Å². The van der Waals surface area contributed by atoms with Crippen molar-refractivity contribution >= 4 is 84.9 Å². The van der Waals surface area contributed by atoms with Gasteiger partial charge in [-0.15, -0.1) is 0 Å². The quantitative estimate of drug-likeness (QED) is 0.143. The Morgan fingerprint density at radius 2 is 0.736 bits per heavy atom. The molecule has 1 unspecified atom stereocenters. The van der Waals surface area contributed by atoms with Gasteiger partial charge in [-0.05, 0) is 83.9 Å². The molecular formula is C42H36N3O6PS. The molecule has 0 aromatic heterocycles. The molecular weight excluding hydrogens is 706 g/mol. The van der Waals surface area contributed by atoms with Gasteiger partial charge in [-0.25, -0.2) is 0 Å². The van der Waals surface area contributed by atoms with Crippen molar-refractivity contribution in [2.75, 3.05) is 43.1 Å². The van der Waals surface area contributed by atoms with Gasteiger partial charge in [-0.2, -0.15) is 0 Å². The van der Waals surface area contributed by atoms with E-state index in [2.05, 4.69) is 63.2 Å². The second-order valence-electron chi connectivity index (χ2n) is 13.0. The molecule has 1 atom stereocenters. The Balaban J connectivity index is 1.47. The Kier molecular flexibility index (Phi) is 7.90. The number of hydrogen-bond acceptors (Lipinski definition) is 10. The van der Waals surface area contributed by atoms with Crippen molar-refractivity contribution in [2.24, 2.45) is 0 Å². The summed E-state index contributed by atoms with van der Waals surface area (Å²) in [6.45, 7) is -0.240. The van der Waals surface area contributed by atoms with E-state index < -0.39 is 6.04 Å². The van der Waals surface area contributed by atoms with Gasteiger partial charge in [0.1, 0.15) is 23.0 Å². The van der Waals surface area contributed by atoms with E-state index in [1.54, 1.807) is 28.4 Å². The average molecular weight is 742 g/mol. The minimum Gasteiger partial charge on any atom is -0.497 e. The zero-order valence-corrected chi connectivity index (χ0v) is 31.2. The molecule has 9 nitrogen and oxygen atoms in total. The summed E-state index contributed by atoms with van der Waals surface area (Å²) < 4.78 is 23.2. The zero-order chi connectivity index (χ0) is 36.6. The fourth-order valence-electron chi connectivity index (χ4n) is 7.91. The minimum absolute atomic E-state index is 0.0678. The molecule has 0 saturated heterocycles. The normalized spacial score (nSPS) is 15.9. The molecule has 0 radical (unpaired) electrons. The van der Waals surface area contributed by atoms with Crippen LogP contribution in [0, 0.1) is 0 Å². The number of hydrogen-bond donors (Lipinski definition) is 2. The Hall–Kier alpha value is -5.51. The van der Waals surface area contributed by atoms with Crippen LogP contribution in [0.15, 0.2) is 109 Å². The maximum Gasteiger partial charge on any atom is 0.123 e. The van der Waals surface area contributed by atoms with Crippen LogP contribution in [0.1, 0.15) is 11.1 Å². The van der Waals surface area contributed by atoms with Crippen LogP contribution in [-0.4, -0.2) is 38.7 Å². The molecule has 2 N–H and O–H groups in total. The van der Waals surface area contributed by atoms with E-state index in [-0.39, 0.29) is 13.2 Å². The first kappa shape index (κ1) is 33.3. The van der Waals surface area contributed by atoms with Gasteiger partial charge in [0.15, 0.2) is 0 Å². The lowest BCUT2D eigenvalue weighted by molar-refractivity contribution is 0.281. The van der Waals surface area contributed by atoms with Crippen molar-refractivity contribution in [1.82, 2.24) is 0 Å². The lowest BCUT2D eigenvalue weighted by Gasteiger charge is -2.52. The van der Waals surface area contributed by atoms with Crippen LogP contribution in [0.2, 0.25) is 0 Å². The third-order valence-electron chi connectivity index (χ3n) is 10.3. The molecule has 0 amide bonds. The Morgan fingerprint density at radius 1 is 0.434 bits per heavy atom. The largest absolute Gasteiger partial charge is 0.497 e. The van der Waals surface area contributed by atoms with Crippen molar-refractivity contribution in [2.45, 2.75) is 13.2 Å². The maximum absolute atomic E-state index is 10.8. The van der Waals surface area contributed by atoms with Crippen LogP contribution in [0.3, 0.4) is 0 Å². The molecule has 9 rings (SSSR count). The highest BCUT2D eigenvalue weighted by atomic mass is 32.4. The lowest BCUT2D eigenvalue weighted by Crippen LogP contribution is -2.47. The van der Waals surface area contributed by atoms with Crippen LogP contribution >= 0.6 is 6.04 Å². The lowest BCUT2D eigenvalue weighted by atomic mass is 10.0. The van der Waals surface area contributed by atoms with Crippen molar-refractivity contribution in [3.63, 3.8) is 0 Å². The second-order valence-corrected chi connectivity index (χ2v) is 17.2. The van der Waals surface area contributed by atoms with Crippen LogP contribution in [-0.2, 0) is 25.0 Å². The number of ether oxygens (including phenoxy) is 4. The first-order valence-corrected chi connectivity index (χ1v) is 19.9. The van der Waals surface area contributed by atoms with Crippen molar-refractivity contribution in [3.05, 3.63) is 120 Å². The molecule has 0 spiro atoms. The summed E-state index contributed by atoms with van der Waals surface area (Å²) >= 11 is 7.27. The van der Waals surface area contributed by atoms with Gasteiger partial charge in [-0.3, -0.25) is 0 Å². The van der Waals surface area contributed by atoms with Gasteiger partial charge >= 0.3 is 0 Å². The van der Waals surface area contributed by atoms with Gasteiger partial charge in [0.05, 0.1) is 81.8 Å². The fourth-order valence-corrected chi connectivity index (χ4v) is 13.2. The van der Waals surface area contributed by atoms with Gasteiger partial charge in [-0.1, -0.05) is 23.9 Å². The zero-order valence-electron chi connectivity index (χ0n) is 29.5. The fraction of sp³-hybridized carbons (Fsp3) is 0.143. The summed E-state index contributed by atoms with van der Waals surface area (Å²) in [5.41, 5.74) is 9.68. The number of methoxy groups -OCH3 is 4. The molecule has 11 heteroatoms. The Morgan fingerprint density at radius 3 is 1.04 bits per heavy atom. The molecule has 0 bridgehead atoms. The first-order valence-electron chi connectivity index (χ1n) is 17.1. The highest BCUT2D eigenvalue weighted by Gasteiger charge is 2.52. The third kappa shape index (κ3) is 4.80. The van der Waals surface area contributed by atoms with Crippen molar-refractivity contribution in [3.8, 4) is 23.0 Å². The Bertz CT molecular complexity index is 2120. The van der Waals surface area contributed by atoms with Gasteiger partial charge in [0, 0.05) is 57.2 Å². The van der Waals surface area contributed by atoms with E-state index in [9.17, 15) is 10.2 Å². The molecule has 6 aromatic rings. The molecule has 0 fully saturated rings. The smallest absolute Gasteiger partial charge is 0.123 e. The van der Waals surface area contributed by atoms with E-state index in [4.69, 9.17) is 30.8 Å². The van der Waals surface area contributed by atoms with E-state index in [1.807, 2.05) is 60.7 Å². The SMILES string of the molecule is COc1ccc(N2c3cc(CO)cc4c3P3(=S)c5c(cc(OC)cc5N(c5ccc(OC)cc5)c5cc(OC)cc2c53)N4c2ccc(CO)cc2)cc1. The van der Waals surface area contributed by atoms with E-state index in [1.165, 1.54) is 0 Å². The predicted octanol–water partition coefficient (Wildman–Crippen LogP) is 7.81. The van der Waals surface area contributed by atoms with Crippen molar-refractivity contribution in [1.29, 1.82) is 0 Å². The molecule has 53 heavy (non-hydrogen) atoms. The number of aliphatic hydroxyl groups is 2. The molecule has 6 aromatic carbocycles. The summed E-state index contributed by atoms with van der Waals surface area (Å²) in [7, 11) is 6.68. The highest BCUT2D eigenvalue weighted by Crippen LogP contribution is 2.68. The summed E-state index contributed by atoms with van der Waals surface area (Å²) in [6, 6.07) is 33.5. The monoisotopic (exact) mass is 741 g/mol. The molecule has 3 heterocycles. The van der Waals surface area contributed by atoms with E-state index in [0.29, 0.717) is 11.5 Å². The van der Waals surface area contributed by atoms with Gasteiger partial charge in [0.25, 0.3) is 0 Å². The summed E-state index contributed by atoms with van der Waals surface area (Å²) in [4.78, 5) is 6.72. The van der Waals surface area contributed by atoms with Crippen LogP contribution in [0.5, 0.6) is 23.0 Å². The second kappa shape index (κ2) is 12.6. The van der Waals surface area contributed by atoms with Gasteiger partial charge < -0.3 is 43.9 Å². The molecule has 0 saturated carbocycles. The first-order chi connectivity index (χ1) is 25.9. The number of benzene rings is 6. The minimum atomic E-state index is -2.87. The number of anilines is 9. The molecule has 3 aliphatic rings. The summed E-state index contributed by atoms with van der Waals surface area (Å²) in [6.07, 6.45) is 0. The number of rotatable bonds is 9. The van der Waals surface area contributed by atoms with E-state index in [0.717, 1.165) is 89.7 Å². The summed E-state index contributed by atoms with van der Waals surface area (Å²) in [5, 5.41) is 23.9. The molecule has 266 valence electrons. The third-order valence-corrected chi connectivity index (χ3v) is 15.2. The molecule has 3 aliphatic heterocycles. The maximum atomic E-state index is 10.8. The van der Waals surface area contributed by atoms with Crippen LogP contribution in [0.25, 0.3) is 0 Å². The van der Waals surface area contributed by atoms with Crippen molar-refractivity contribution < 1.29 is 29.2 Å².